The summed E-state index contributed by atoms with van der Waals surface area (Å²) < 4.78 is 67.1. The molecule has 29 heavy (non-hydrogen) atoms. The van der Waals surface area contributed by atoms with Crippen molar-refractivity contribution in [2.24, 2.45) is 0 Å². The van der Waals surface area contributed by atoms with Crippen molar-refractivity contribution in [3.8, 4) is 5.75 Å². The number of hydrogen-bond donors (Lipinski definition) is 2. The number of ether oxygens (including phenoxy) is 1. The number of benzene rings is 2. The number of methoxy groups -OCH3 is 1. The molecule has 4 aromatic rings. The third-order valence-corrected chi connectivity index (χ3v) is 5.80. The van der Waals surface area contributed by atoms with Crippen LogP contribution in [0, 0.1) is 0 Å². The van der Waals surface area contributed by atoms with Gasteiger partial charge in [-0.2, -0.15) is 18.3 Å². The van der Waals surface area contributed by atoms with E-state index in [2.05, 4.69) is 20.5 Å². The van der Waals surface area contributed by atoms with Crippen molar-refractivity contribution < 1.29 is 26.3 Å². The van der Waals surface area contributed by atoms with Crippen LogP contribution in [-0.4, -0.2) is 36.2 Å². The van der Waals surface area contributed by atoms with E-state index in [-0.39, 0.29) is 11.5 Å². The Morgan fingerprint density at radius 3 is 2.62 bits per heavy atom. The van der Waals surface area contributed by atoms with Crippen LogP contribution >= 0.6 is 0 Å². The van der Waals surface area contributed by atoms with Gasteiger partial charge in [0, 0.05) is 16.5 Å². The number of alkyl halides is 3. The van der Waals surface area contributed by atoms with Crippen molar-refractivity contribution in [3.63, 3.8) is 0 Å². The number of halogens is 3. The molecule has 0 radical (unpaired) electrons. The minimum absolute atomic E-state index is 0.131. The maximum absolute atomic E-state index is 12.8. The number of nitrogens with zero attached hydrogens (tertiary/aromatic N) is 2. The van der Waals surface area contributed by atoms with Gasteiger partial charge >= 0.3 is 5.51 Å². The third kappa shape index (κ3) is 3.23. The molecule has 4 rings (SSSR count). The van der Waals surface area contributed by atoms with Crippen LogP contribution < -0.4 is 10.1 Å². The first-order chi connectivity index (χ1) is 13.7. The Labute approximate surface area is 162 Å². The molecule has 0 saturated carbocycles. The zero-order valence-corrected chi connectivity index (χ0v) is 15.6. The largest absolute Gasteiger partial charge is 0.501 e. The SMILES string of the molecule is COc1ccc2nc(Nc3cccc(S(=O)(=O)C(F)(F)F)c3)c3[nH]ncc3c2c1. The molecule has 7 nitrogen and oxygen atoms in total. The Balaban J connectivity index is 1.81. The van der Waals surface area contributed by atoms with Gasteiger partial charge in [0.2, 0.25) is 0 Å². The summed E-state index contributed by atoms with van der Waals surface area (Å²) in [7, 11) is -3.92. The zero-order valence-electron chi connectivity index (χ0n) is 14.8. The average molecular weight is 422 g/mol. The molecule has 2 N–H and O–H groups in total. The molecule has 0 aliphatic rings. The van der Waals surface area contributed by atoms with Crippen molar-refractivity contribution in [2.75, 3.05) is 12.4 Å². The van der Waals surface area contributed by atoms with Crippen LogP contribution in [0.4, 0.5) is 24.7 Å². The normalized spacial score (nSPS) is 12.4. The van der Waals surface area contributed by atoms with Crippen molar-refractivity contribution in [3.05, 3.63) is 48.7 Å². The Hall–Kier alpha value is -3.34. The smallest absolute Gasteiger partial charge is 0.497 e. The fourth-order valence-corrected chi connectivity index (χ4v) is 3.71. The van der Waals surface area contributed by atoms with E-state index < -0.39 is 20.2 Å². The molecule has 0 unspecified atom stereocenters. The van der Waals surface area contributed by atoms with Gasteiger partial charge < -0.3 is 10.1 Å². The van der Waals surface area contributed by atoms with E-state index in [0.717, 1.165) is 22.9 Å². The lowest BCUT2D eigenvalue weighted by molar-refractivity contribution is -0.0435. The molecule has 2 aromatic carbocycles. The summed E-state index contributed by atoms with van der Waals surface area (Å²) >= 11 is 0. The second-order valence-corrected chi connectivity index (χ2v) is 8.05. The summed E-state index contributed by atoms with van der Waals surface area (Å²) in [5.74, 6) is 0.921. The number of rotatable bonds is 4. The molecular formula is C18H13F3N4O3S. The van der Waals surface area contributed by atoms with Crippen LogP contribution in [0.5, 0.6) is 5.75 Å². The van der Waals surface area contributed by atoms with Crippen molar-refractivity contribution in [2.45, 2.75) is 10.4 Å². The topological polar surface area (TPSA) is 97.0 Å². The number of hydrogen-bond acceptors (Lipinski definition) is 6. The second kappa shape index (κ2) is 6.62. The van der Waals surface area contributed by atoms with E-state index in [0.29, 0.717) is 16.8 Å². The molecule has 0 bridgehead atoms. The molecule has 0 amide bonds. The number of H-pyrrole nitrogens is 1. The molecule has 2 heterocycles. The van der Waals surface area contributed by atoms with Crippen molar-refractivity contribution in [1.82, 2.24) is 15.2 Å². The fourth-order valence-electron chi connectivity index (χ4n) is 2.90. The Kier molecular flexibility index (Phi) is 4.34. The van der Waals surface area contributed by atoms with Gasteiger partial charge in [0.05, 0.1) is 23.7 Å². The van der Waals surface area contributed by atoms with Crippen LogP contribution in [0.15, 0.2) is 53.6 Å². The Bertz CT molecular complexity index is 1330. The monoisotopic (exact) mass is 422 g/mol. The summed E-state index contributed by atoms with van der Waals surface area (Å²) in [5, 5.41) is 11.2. The first-order valence-electron chi connectivity index (χ1n) is 8.20. The summed E-state index contributed by atoms with van der Waals surface area (Å²) in [4.78, 5) is 3.62. The van der Waals surface area contributed by atoms with E-state index in [1.54, 1.807) is 31.5 Å². The molecule has 0 saturated heterocycles. The van der Waals surface area contributed by atoms with Gasteiger partial charge in [0.15, 0.2) is 5.82 Å². The predicted molar refractivity (Wildman–Crippen MR) is 101 cm³/mol. The Morgan fingerprint density at radius 2 is 1.90 bits per heavy atom. The number of nitrogens with one attached hydrogen (secondary N) is 2. The first kappa shape index (κ1) is 19.0. The number of aromatic nitrogens is 3. The van der Waals surface area contributed by atoms with Gasteiger partial charge in [0.1, 0.15) is 11.3 Å². The maximum Gasteiger partial charge on any atom is 0.501 e. The van der Waals surface area contributed by atoms with Crippen molar-refractivity contribution >= 4 is 43.1 Å². The minimum Gasteiger partial charge on any atom is -0.497 e. The molecule has 2 aromatic heterocycles. The van der Waals surface area contributed by atoms with Gasteiger partial charge in [-0.1, -0.05) is 6.07 Å². The van der Waals surface area contributed by atoms with Crippen LogP contribution in [0.3, 0.4) is 0 Å². The second-order valence-electron chi connectivity index (χ2n) is 6.10. The van der Waals surface area contributed by atoms with E-state index in [1.165, 1.54) is 12.1 Å². The van der Waals surface area contributed by atoms with Crippen LogP contribution in [0.1, 0.15) is 0 Å². The molecule has 0 aliphatic heterocycles. The standard InChI is InChI=1S/C18H13F3N4O3S/c1-28-11-5-6-15-13(8-11)14-9-22-25-16(14)17(24-15)23-10-3-2-4-12(7-10)29(26,27)18(19,20)21/h2-9H,1H3,(H,22,25)(H,23,24). The molecule has 150 valence electrons. The number of fused-ring (bicyclic) bond motifs is 3. The highest BCUT2D eigenvalue weighted by molar-refractivity contribution is 7.92. The molecule has 0 spiro atoms. The highest BCUT2D eigenvalue weighted by atomic mass is 32.2. The van der Waals surface area contributed by atoms with E-state index >= 15 is 0 Å². The lowest BCUT2D eigenvalue weighted by Gasteiger charge is -2.12. The molecule has 0 aliphatic carbocycles. The van der Waals surface area contributed by atoms with Gasteiger partial charge in [-0.15, -0.1) is 0 Å². The fraction of sp³-hybridized carbons (Fsp3) is 0.111. The van der Waals surface area contributed by atoms with E-state index in [9.17, 15) is 21.6 Å². The van der Waals surface area contributed by atoms with Crippen molar-refractivity contribution in [1.29, 1.82) is 0 Å². The summed E-state index contributed by atoms with van der Waals surface area (Å²) in [6.07, 6.45) is 1.59. The number of anilines is 2. The zero-order chi connectivity index (χ0) is 20.8. The number of sulfone groups is 1. The van der Waals surface area contributed by atoms with Gasteiger partial charge in [0.25, 0.3) is 9.84 Å². The molecule has 0 atom stereocenters. The summed E-state index contributed by atoms with van der Waals surface area (Å²) in [6, 6.07) is 9.71. The lowest BCUT2D eigenvalue weighted by Crippen LogP contribution is -2.23. The van der Waals surface area contributed by atoms with Crippen LogP contribution in [0.2, 0.25) is 0 Å². The highest BCUT2D eigenvalue weighted by Gasteiger charge is 2.46. The number of pyridine rings is 1. The van der Waals surface area contributed by atoms with Crippen LogP contribution in [0.25, 0.3) is 21.8 Å². The first-order valence-corrected chi connectivity index (χ1v) is 9.68. The minimum atomic E-state index is -5.46. The number of aromatic amines is 1. The van der Waals surface area contributed by atoms with Crippen LogP contribution in [-0.2, 0) is 9.84 Å². The van der Waals surface area contributed by atoms with Gasteiger partial charge in [-0.25, -0.2) is 13.4 Å². The molecule has 0 fully saturated rings. The third-order valence-electron chi connectivity index (χ3n) is 4.31. The molecular weight excluding hydrogens is 409 g/mol. The summed E-state index contributed by atoms with van der Waals surface area (Å²) in [6.45, 7) is 0. The Morgan fingerprint density at radius 1 is 1.10 bits per heavy atom. The highest BCUT2D eigenvalue weighted by Crippen LogP contribution is 2.34. The predicted octanol–water partition coefficient (Wildman–Crippen LogP) is 4.16. The average Bonchev–Trinajstić information content (AvgIpc) is 3.18. The van der Waals surface area contributed by atoms with Gasteiger partial charge in [-0.05, 0) is 36.4 Å². The maximum atomic E-state index is 12.8. The summed E-state index contributed by atoms with van der Waals surface area (Å²) in [5.41, 5.74) is -4.15. The quantitative estimate of drug-likeness (QED) is 0.513. The van der Waals surface area contributed by atoms with Gasteiger partial charge in [-0.3, -0.25) is 5.10 Å². The van der Waals surface area contributed by atoms with E-state index in [1.807, 2.05) is 0 Å². The lowest BCUT2D eigenvalue weighted by atomic mass is 10.1. The molecule has 11 heteroatoms. The van der Waals surface area contributed by atoms with E-state index in [4.69, 9.17) is 4.74 Å².